The minimum Gasteiger partial charge on any atom is -0.496 e. The molecule has 0 fully saturated rings. The molecule has 0 spiro atoms. The Labute approximate surface area is 129 Å². The maximum Gasteiger partial charge on any atom is 0.161 e. The molecule has 0 unspecified atom stereocenters. The average Bonchev–Trinajstić information content (AvgIpc) is 2.52. The number of hydrogen-bond donors (Lipinski definition) is 1. The van der Waals surface area contributed by atoms with E-state index in [1.807, 2.05) is 42.5 Å². The number of ether oxygens (including phenoxy) is 3. The number of benzene rings is 2. The molecule has 0 aliphatic heterocycles. The molecule has 0 aliphatic carbocycles. The Morgan fingerprint density at radius 3 is 2.29 bits per heavy atom. The molecule has 0 aliphatic rings. The van der Waals surface area contributed by atoms with Crippen LogP contribution in [0.2, 0.25) is 0 Å². The molecule has 0 radical (unpaired) electrons. The summed E-state index contributed by atoms with van der Waals surface area (Å²) in [4.78, 5) is 0.344. The summed E-state index contributed by atoms with van der Waals surface area (Å²) in [6, 6.07) is 13.0. The van der Waals surface area contributed by atoms with E-state index in [2.05, 4.69) is 0 Å². The van der Waals surface area contributed by atoms with E-state index in [1.165, 1.54) is 0 Å². The Morgan fingerprint density at radius 2 is 1.67 bits per heavy atom. The number of nitrogens with two attached hydrogens (primary N) is 1. The first-order chi connectivity index (χ1) is 10.2. The van der Waals surface area contributed by atoms with Crippen LogP contribution >= 0.6 is 12.2 Å². The fourth-order valence-corrected chi connectivity index (χ4v) is 2.07. The van der Waals surface area contributed by atoms with Gasteiger partial charge in [-0.15, -0.1) is 0 Å². The summed E-state index contributed by atoms with van der Waals surface area (Å²) in [7, 11) is 3.22. The fraction of sp³-hybridized carbons (Fsp3) is 0.188. The van der Waals surface area contributed by atoms with Crippen molar-refractivity contribution in [3.05, 3.63) is 53.6 Å². The van der Waals surface area contributed by atoms with Gasteiger partial charge in [0.15, 0.2) is 11.5 Å². The third-order valence-corrected chi connectivity index (χ3v) is 3.25. The normalized spacial score (nSPS) is 10.0. The molecule has 0 atom stereocenters. The van der Waals surface area contributed by atoms with Crippen molar-refractivity contribution in [2.45, 2.75) is 6.61 Å². The quantitative estimate of drug-likeness (QED) is 0.832. The Kier molecular flexibility index (Phi) is 5.00. The highest BCUT2D eigenvalue weighted by Crippen LogP contribution is 2.28. The van der Waals surface area contributed by atoms with E-state index in [1.54, 1.807) is 14.2 Å². The maximum atomic E-state index is 5.80. The lowest BCUT2D eigenvalue weighted by Gasteiger charge is -2.13. The first-order valence-electron chi connectivity index (χ1n) is 6.38. The van der Waals surface area contributed by atoms with Crippen molar-refractivity contribution in [2.24, 2.45) is 5.73 Å². The smallest absolute Gasteiger partial charge is 0.161 e. The van der Waals surface area contributed by atoms with Crippen molar-refractivity contribution < 1.29 is 14.2 Å². The molecule has 5 heteroatoms. The zero-order valence-electron chi connectivity index (χ0n) is 12.0. The molecular formula is C16H17NO3S. The lowest BCUT2D eigenvalue weighted by molar-refractivity contribution is 0.278. The van der Waals surface area contributed by atoms with E-state index in [9.17, 15) is 0 Å². The summed E-state index contributed by atoms with van der Waals surface area (Å²) in [6.45, 7) is 0.333. The van der Waals surface area contributed by atoms with Crippen LogP contribution in [0.15, 0.2) is 42.5 Å². The Bertz CT molecular complexity index is 643. The minimum atomic E-state index is 0.333. The van der Waals surface area contributed by atoms with Crippen LogP contribution in [0.25, 0.3) is 0 Å². The molecule has 2 N–H and O–H groups in total. The summed E-state index contributed by atoms with van der Waals surface area (Å²) in [5.74, 6) is 2.08. The number of hydrogen-bond acceptors (Lipinski definition) is 4. The van der Waals surface area contributed by atoms with Crippen molar-refractivity contribution in [3.8, 4) is 17.2 Å². The van der Waals surface area contributed by atoms with Gasteiger partial charge in [0, 0.05) is 11.1 Å². The Hall–Kier alpha value is -2.27. The van der Waals surface area contributed by atoms with E-state index in [0.29, 0.717) is 23.1 Å². The van der Waals surface area contributed by atoms with Gasteiger partial charge in [0.1, 0.15) is 17.3 Å². The van der Waals surface area contributed by atoms with Crippen LogP contribution in [0, 0.1) is 0 Å². The molecule has 2 aromatic rings. The standard InChI is InChI=1S/C16H17NO3S/c1-18-13-8-7-11(16(17)21)9-12(13)10-20-15-6-4-3-5-14(15)19-2/h3-9H,10H2,1-2H3,(H2,17,21). The summed E-state index contributed by atoms with van der Waals surface area (Å²) in [6.07, 6.45) is 0. The lowest BCUT2D eigenvalue weighted by atomic mass is 10.1. The van der Waals surface area contributed by atoms with Crippen LogP contribution < -0.4 is 19.9 Å². The summed E-state index contributed by atoms with van der Waals surface area (Å²) in [5.41, 5.74) is 7.31. The third-order valence-electron chi connectivity index (χ3n) is 3.02. The average molecular weight is 303 g/mol. The van der Waals surface area contributed by atoms with Crippen molar-refractivity contribution in [3.63, 3.8) is 0 Å². The highest BCUT2D eigenvalue weighted by molar-refractivity contribution is 7.80. The number of para-hydroxylation sites is 2. The predicted molar refractivity (Wildman–Crippen MR) is 86.2 cm³/mol. The first kappa shape index (κ1) is 15.1. The topological polar surface area (TPSA) is 53.7 Å². The van der Waals surface area contributed by atoms with Gasteiger partial charge in [0.05, 0.1) is 14.2 Å². The van der Waals surface area contributed by atoms with Crippen LogP contribution in [-0.4, -0.2) is 19.2 Å². The van der Waals surface area contributed by atoms with Crippen LogP contribution in [0.1, 0.15) is 11.1 Å². The van der Waals surface area contributed by atoms with Gasteiger partial charge in [-0.05, 0) is 30.3 Å². The van der Waals surface area contributed by atoms with Gasteiger partial charge in [0.25, 0.3) is 0 Å². The second kappa shape index (κ2) is 6.95. The van der Waals surface area contributed by atoms with Crippen molar-refractivity contribution in [2.75, 3.05) is 14.2 Å². The second-order valence-electron chi connectivity index (χ2n) is 4.33. The van der Waals surface area contributed by atoms with Crippen molar-refractivity contribution >= 4 is 17.2 Å². The van der Waals surface area contributed by atoms with Gasteiger partial charge < -0.3 is 19.9 Å². The number of rotatable bonds is 6. The van der Waals surface area contributed by atoms with Crippen LogP contribution in [-0.2, 0) is 6.61 Å². The largest absolute Gasteiger partial charge is 0.496 e. The zero-order valence-corrected chi connectivity index (χ0v) is 12.8. The zero-order chi connectivity index (χ0) is 15.2. The molecule has 0 bridgehead atoms. The van der Waals surface area contributed by atoms with Crippen LogP contribution in [0.5, 0.6) is 17.2 Å². The Balaban J connectivity index is 2.22. The third kappa shape index (κ3) is 3.64. The highest BCUT2D eigenvalue weighted by Gasteiger charge is 2.09. The monoisotopic (exact) mass is 303 g/mol. The Morgan fingerprint density at radius 1 is 1.00 bits per heavy atom. The maximum absolute atomic E-state index is 5.80. The van der Waals surface area contributed by atoms with Crippen molar-refractivity contribution in [1.82, 2.24) is 0 Å². The minimum absolute atomic E-state index is 0.333. The van der Waals surface area contributed by atoms with E-state index < -0.39 is 0 Å². The molecule has 2 aromatic carbocycles. The van der Waals surface area contributed by atoms with E-state index >= 15 is 0 Å². The number of methoxy groups -OCH3 is 2. The predicted octanol–water partition coefficient (Wildman–Crippen LogP) is 2.92. The molecule has 0 aromatic heterocycles. The van der Waals surface area contributed by atoms with Gasteiger partial charge in [-0.1, -0.05) is 24.4 Å². The molecule has 0 amide bonds. The molecule has 110 valence electrons. The molecule has 21 heavy (non-hydrogen) atoms. The van der Waals surface area contributed by atoms with E-state index in [-0.39, 0.29) is 0 Å². The van der Waals surface area contributed by atoms with Crippen LogP contribution in [0.3, 0.4) is 0 Å². The van der Waals surface area contributed by atoms with Crippen molar-refractivity contribution in [1.29, 1.82) is 0 Å². The van der Waals surface area contributed by atoms with Gasteiger partial charge >= 0.3 is 0 Å². The molecular weight excluding hydrogens is 286 g/mol. The second-order valence-corrected chi connectivity index (χ2v) is 4.77. The van der Waals surface area contributed by atoms with Gasteiger partial charge in [-0.25, -0.2) is 0 Å². The SMILES string of the molecule is COc1ccc(C(N)=S)cc1COc1ccccc1OC. The molecule has 0 saturated heterocycles. The van der Waals surface area contributed by atoms with Gasteiger partial charge in [-0.3, -0.25) is 0 Å². The first-order valence-corrected chi connectivity index (χ1v) is 6.79. The lowest BCUT2D eigenvalue weighted by Crippen LogP contribution is -2.10. The fourth-order valence-electron chi connectivity index (χ4n) is 1.94. The summed E-state index contributed by atoms with van der Waals surface area (Å²) < 4.78 is 16.4. The van der Waals surface area contributed by atoms with Gasteiger partial charge in [-0.2, -0.15) is 0 Å². The molecule has 0 heterocycles. The summed E-state index contributed by atoms with van der Waals surface area (Å²) >= 11 is 4.99. The molecule has 2 rings (SSSR count). The van der Waals surface area contributed by atoms with Gasteiger partial charge in [0.2, 0.25) is 0 Å². The number of thiocarbonyl (C=S) groups is 1. The summed E-state index contributed by atoms with van der Waals surface area (Å²) in [5, 5.41) is 0. The molecule has 0 saturated carbocycles. The van der Waals surface area contributed by atoms with Crippen LogP contribution in [0.4, 0.5) is 0 Å². The van der Waals surface area contributed by atoms with E-state index in [0.717, 1.165) is 16.9 Å². The van der Waals surface area contributed by atoms with E-state index in [4.69, 9.17) is 32.2 Å². The highest BCUT2D eigenvalue weighted by atomic mass is 32.1. The molecule has 4 nitrogen and oxygen atoms in total.